The third kappa shape index (κ3) is 3.22. The second-order valence-electron chi connectivity index (χ2n) is 3.88. The molecular weight excluding hydrogens is 224 g/mol. The van der Waals surface area contributed by atoms with Crippen molar-refractivity contribution in [2.75, 3.05) is 5.32 Å². The fourth-order valence-electron chi connectivity index (χ4n) is 1.29. The maximum absolute atomic E-state index is 11.8. The van der Waals surface area contributed by atoms with Gasteiger partial charge in [0.2, 0.25) is 5.91 Å². The summed E-state index contributed by atoms with van der Waals surface area (Å²) in [5, 5.41) is 3.25. The normalized spacial score (nSPS) is 14.2. The summed E-state index contributed by atoms with van der Waals surface area (Å²) >= 11 is 5.93. The van der Waals surface area contributed by atoms with Crippen molar-refractivity contribution in [1.82, 2.24) is 0 Å². The van der Waals surface area contributed by atoms with Gasteiger partial charge >= 0.3 is 0 Å². The molecule has 1 amide bonds. The van der Waals surface area contributed by atoms with Gasteiger partial charge in [-0.3, -0.25) is 4.79 Å². The minimum atomic E-state index is -0.499. The summed E-state index contributed by atoms with van der Waals surface area (Å²) in [6, 6.07) is 6.61. The van der Waals surface area contributed by atoms with Crippen LogP contribution in [-0.2, 0) is 4.79 Å². The van der Waals surface area contributed by atoms with Gasteiger partial charge in [-0.15, -0.1) is 0 Å². The number of hydrogen-bond donors (Lipinski definition) is 2. The average Bonchev–Trinajstić information content (AvgIpc) is 2.30. The third-order valence-electron chi connectivity index (χ3n) is 2.69. The Morgan fingerprint density at radius 2 is 2.12 bits per heavy atom. The number of carbonyl (C=O) groups is 1. The van der Waals surface area contributed by atoms with Crippen LogP contribution in [0.1, 0.15) is 20.3 Å². The lowest BCUT2D eigenvalue weighted by Crippen LogP contribution is -2.40. The van der Waals surface area contributed by atoms with E-state index >= 15 is 0 Å². The largest absolute Gasteiger partial charge is 0.323 e. The number of carbonyl (C=O) groups excluding carboxylic acids is 1. The highest BCUT2D eigenvalue weighted by molar-refractivity contribution is 6.33. The van der Waals surface area contributed by atoms with E-state index in [0.29, 0.717) is 10.7 Å². The summed E-state index contributed by atoms with van der Waals surface area (Å²) < 4.78 is 0. The van der Waals surface area contributed by atoms with Gasteiger partial charge in [-0.25, -0.2) is 0 Å². The van der Waals surface area contributed by atoms with Gasteiger partial charge in [-0.2, -0.15) is 0 Å². The molecule has 2 atom stereocenters. The van der Waals surface area contributed by atoms with E-state index < -0.39 is 6.04 Å². The summed E-state index contributed by atoms with van der Waals surface area (Å²) in [5.41, 5.74) is 6.42. The molecule has 0 heterocycles. The highest BCUT2D eigenvalue weighted by Crippen LogP contribution is 2.21. The number of anilines is 1. The highest BCUT2D eigenvalue weighted by atomic mass is 35.5. The molecule has 3 N–H and O–H groups in total. The van der Waals surface area contributed by atoms with Gasteiger partial charge in [-0.05, 0) is 18.1 Å². The smallest absolute Gasteiger partial charge is 0.241 e. The average molecular weight is 241 g/mol. The van der Waals surface area contributed by atoms with Crippen LogP contribution in [0.4, 0.5) is 5.69 Å². The van der Waals surface area contributed by atoms with Crippen molar-refractivity contribution in [3.63, 3.8) is 0 Å². The summed E-state index contributed by atoms with van der Waals surface area (Å²) in [5.74, 6) is -0.0371. The summed E-state index contributed by atoms with van der Waals surface area (Å²) in [4.78, 5) is 11.8. The molecule has 1 aromatic carbocycles. The van der Waals surface area contributed by atoms with E-state index in [1.165, 1.54) is 0 Å². The van der Waals surface area contributed by atoms with Crippen LogP contribution >= 0.6 is 11.6 Å². The predicted octanol–water partition coefficient (Wildman–Crippen LogP) is 2.65. The Balaban J connectivity index is 2.68. The van der Waals surface area contributed by atoms with Crippen molar-refractivity contribution < 1.29 is 4.79 Å². The van der Waals surface area contributed by atoms with E-state index in [-0.39, 0.29) is 11.8 Å². The molecule has 0 aliphatic rings. The maximum Gasteiger partial charge on any atom is 0.241 e. The van der Waals surface area contributed by atoms with Crippen molar-refractivity contribution in [1.29, 1.82) is 0 Å². The molecule has 0 saturated heterocycles. The Morgan fingerprint density at radius 3 is 2.69 bits per heavy atom. The molecule has 4 heteroatoms. The van der Waals surface area contributed by atoms with Crippen LogP contribution in [0.25, 0.3) is 0 Å². The van der Waals surface area contributed by atoms with Crippen LogP contribution in [0.3, 0.4) is 0 Å². The van der Waals surface area contributed by atoms with Crippen LogP contribution in [-0.4, -0.2) is 11.9 Å². The molecule has 1 unspecified atom stereocenters. The fourth-order valence-corrected chi connectivity index (χ4v) is 1.47. The van der Waals surface area contributed by atoms with Crippen molar-refractivity contribution in [3.05, 3.63) is 29.3 Å². The molecule has 0 aliphatic carbocycles. The van der Waals surface area contributed by atoms with Gasteiger partial charge < -0.3 is 11.1 Å². The molecule has 0 aliphatic heterocycles. The molecule has 16 heavy (non-hydrogen) atoms. The lowest BCUT2D eigenvalue weighted by Gasteiger charge is -2.18. The SMILES string of the molecule is CCC(C)[C@H](N)C(=O)Nc1ccccc1Cl. The number of amides is 1. The second kappa shape index (κ2) is 5.87. The standard InChI is InChI=1S/C12H17ClN2O/c1-3-8(2)11(14)12(16)15-10-7-5-4-6-9(10)13/h4-8,11H,3,14H2,1-2H3,(H,15,16)/t8?,11-/m0/s1. The van der Waals surface area contributed by atoms with E-state index in [1.54, 1.807) is 12.1 Å². The summed E-state index contributed by atoms with van der Waals surface area (Å²) in [7, 11) is 0. The van der Waals surface area contributed by atoms with Crippen LogP contribution < -0.4 is 11.1 Å². The number of rotatable bonds is 4. The van der Waals surface area contributed by atoms with E-state index in [2.05, 4.69) is 5.32 Å². The molecule has 0 spiro atoms. The molecular formula is C12H17ClN2O. The Hall–Kier alpha value is -1.06. The first-order valence-electron chi connectivity index (χ1n) is 5.37. The molecule has 88 valence electrons. The van der Waals surface area contributed by atoms with Gasteiger partial charge in [-0.1, -0.05) is 44.0 Å². The Kier molecular flexibility index (Phi) is 4.77. The number of benzene rings is 1. The maximum atomic E-state index is 11.8. The van der Waals surface area contributed by atoms with E-state index in [0.717, 1.165) is 6.42 Å². The van der Waals surface area contributed by atoms with Crippen LogP contribution in [0.5, 0.6) is 0 Å². The second-order valence-corrected chi connectivity index (χ2v) is 4.29. The van der Waals surface area contributed by atoms with Gasteiger partial charge in [0.1, 0.15) is 0 Å². The molecule has 0 aromatic heterocycles. The van der Waals surface area contributed by atoms with Crippen molar-refractivity contribution in [3.8, 4) is 0 Å². The molecule has 0 fully saturated rings. The topological polar surface area (TPSA) is 55.1 Å². The zero-order valence-electron chi connectivity index (χ0n) is 9.53. The van der Waals surface area contributed by atoms with Crippen LogP contribution in [0, 0.1) is 5.92 Å². The van der Waals surface area contributed by atoms with E-state index in [1.807, 2.05) is 26.0 Å². The number of nitrogens with two attached hydrogens (primary N) is 1. The molecule has 3 nitrogen and oxygen atoms in total. The first-order chi connectivity index (χ1) is 7.56. The zero-order valence-corrected chi connectivity index (χ0v) is 10.3. The van der Waals surface area contributed by atoms with Crippen molar-refractivity contribution in [2.45, 2.75) is 26.3 Å². The first-order valence-corrected chi connectivity index (χ1v) is 5.75. The van der Waals surface area contributed by atoms with Crippen LogP contribution in [0.2, 0.25) is 5.02 Å². The monoisotopic (exact) mass is 240 g/mol. The van der Waals surface area contributed by atoms with Crippen LogP contribution in [0.15, 0.2) is 24.3 Å². The summed E-state index contributed by atoms with van der Waals surface area (Å²) in [6.07, 6.45) is 0.872. The van der Waals surface area contributed by atoms with E-state index in [4.69, 9.17) is 17.3 Å². The van der Waals surface area contributed by atoms with Gasteiger partial charge in [0.15, 0.2) is 0 Å². The first kappa shape index (κ1) is 13.0. The summed E-state index contributed by atoms with van der Waals surface area (Å²) in [6.45, 7) is 3.96. The lowest BCUT2D eigenvalue weighted by atomic mass is 9.99. The quantitative estimate of drug-likeness (QED) is 0.850. The fraction of sp³-hybridized carbons (Fsp3) is 0.417. The van der Waals surface area contributed by atoms with Crippen molar-refractivity contribution >= 4 is 23.2 Å². The Morgan fingerprint density at radius 1 is 1.50 bits per heavy atom. The number of hydrogen-bond acceptors (Lipinski definition) is 2. The zero-order chi connectivity index (χ0) is 12.1. The van der Waals surface area contributed by atoms with Gasteiger partial charge in [0, 0.05) is 0 Å². The predicted molar refractivity (Wildman–Crippen MR) is 67.5 cm³/mol. The number of halogens is 1. The molecule has 0 bridgehead atoms. The molecule has 1 rings (SSSR count). The lowest BCUT2D eigenvalue weighted by molar-refractivity contribution is -0.118. The third-order valence-corrected chi connectivity index (χ3v) is 3.02. The van der Waals surface area contributed by atoms with Gasteiger partial charge in [0.05, 0.1) is 16.8 Å². The Bertz CT molecular complexity index is 368. The number of nitrogens with one attached hydrogen (secondary N) is 1. The van der Waals surface area contributed by atoms with E-state index in [9.17, 15) is 4.79 Å². The highest BCUT2D eigenvalue weighted by Gasteiger charge is 2.19. The molecule has 0 saturated carbocycles. The molecule has 0 radical (unpaired) electrons. The minimum Gasteiger partial charge on any atom is -0.323 e. The number of para-hydroxylation sites is 1. The van der Waals surface area contributed by atoms with Crippen molar-refractivity contribution in [2.24, 2.45) is 11.7 Å². The molecule has 1 aromatic rings. The van der Waals surface area contributed by atoms with Gasteiger partial charge in [0.25, 0.3) is 0 Å². The minimum absolute atomic E-state index is 0.155. The Labute approximate surface area is 101 Å².